The molecule has 1 aromatic heterocycles. The molecule has 1 atom stereocenters. The molecule has 20 heavy (non-hydrogen) atoms. The Kier molecular flexibility index (Phi) is 4.45. The molecule has 0 saturated carbocycles. The zero-order valence-corrected chi connectivity index (χ0v) is 11.6. The van der Waals surface area contributed by atoms with E-state index < -0.39 is 0 Å². The van der Waals surface area contributed by atoms with Crippen LogP contribution in [0.15, 0.2) is 42.7 Å². The maximum atomic E-state index is 13.7. The topological polar surface area (TPSA) is 42.0 Å². The molecule has 0 aliphatic rings. The highest BCUT2D eigenvalue weighted by atomic mass is 19.1. The lowest BCUT2D eigenvalue weighted by Gasteiger charge is -2.11. The quantitative estimate of drug-likeness (QED) is 0.926. The van der Waals surface area contributed by atoms with Crippen LogP contribution in [0, 0.1) is 5.82 Å². The van der Waals surface area contributed by atoms with Gasteiger partial charge in [-0.05, 0) is 25.5 Å². The summed E-state index contributed by atoms with van der Waals surface area (Å²) < 4.78 is 13.7. The van der Waals surface area contributed by atoms with Crippen molar-refractivity contribution < 1.29 is 9.18 Å². The number of amides is 1. The van der Waals surface area contributed by atoms with Gasteiger partial charge in [0.15, 0.2) is 0 Å². The van der Waals surface area contributed by atoms with E-state index >= 15 is 0 Å². The Balaban J connectivity index is 2.29. The van der Waals surface area contributed by atoms with Gasteiger partial charge in [0.25, 0.3) is 5.91 Å². The van der Waals surface area contributed by atoms with Gasteiger partial charge in [-0.15, -0.1) is 0 Å². The van der Waals surface area contributed by atoms with Gasteiger partial charge in [0.05, 0.1) is 5.56 Å². The number of nitrogens with one attached hydrogen (secondary N) is 1. The Morgan fingerprint density at radius 1 is 1.35 bits per heavy atom. The highest BCUT2D eigenvalue weighted by Crippen LogP contribution is 2.22. The van der Waals surface area contributed by atoms with Crippen LogP contribution in [0.1, 0.15) is 30.6 Å². The number of hydrogen-bond donors (Lipinski definition) is 1. The van der Waals surface area contributed by atoms with Gasteiger partial charge in [-0.2, -0.15) is 0 Å². The molecule has 0 fully saturated rings. The number of aromatic nitrogens is 1. The SMILES string of the molecule is CC[C@@H](C)NC(=O)c1cncc(-c2ccccc2F)c1. The van der Waals surface area contributed by atoms with Gasteiger partial charge in [0.1, 0.15) is 5.82 Å². The first-order valence-corrected chi connectivity index (χ1v) is 6.62. The molecule has 0 saturated heterocycles. The summed E-state index contributed by atoms with van der Waals surface area (Å²) in [5.41, 5.74) is 1.48. The van der Waals surface area contributed by atoms with Crippen LogP contribution < -0.4 is 5.32 Å². The van der Waals surface area contributed by atoms with Crippen LogP contribution in [0.4, 0.5) is 4.39 Å². The van der Waals surface area contributed by atoms with E-state index in [2.05, 4.69) is 10.3 Å². The average Bonchev–Trinajstić information content (AvgIpc) is 2.47. The van der Waals surface area contributed by atoms with Crippen molar-refractivity contribution in [3.63, 3.8) is 0 Å². The van der Waals surface area contributed by atoms with Crippen LogP contribution in [0.3, 0.4) is 0 Å². The van der Waals surface area contributed by atoms with Crippen molar-refractivity contribution in [3.05, 3.63) is 54.1 Å². The number of carbonyl (C=O) groups is 1. The number of carbonyl (C=O) groups excluding carboxylic acids is 1. The number of hydrogen-bond acceptors (Lipinski definition) is 2. The Bertz CT molecular complexity index is 613. The van der Waals surface area contributed by atoms with Crippen molar-refractivity contribution in [1.29, 1.82) is 0 Å². The van der Waals surface area contributed by atoms with Crippen molar-refractivity contribution >= 4 is 5.91 Å². The second kappa shape index (κ2) is 6.28. The van der Waals surface area contributed by atoms with Crippen molar-refractivity contribution in [2.24, 2.45) is 0 Å². The number of benzene rings is 1. The first kappa shape index (κ1) is 14.2. The summed E-state index contributed by atoms with van der Waals surface area (Å²) in [4.78, 5) is 16.1. The number of rotatable bonds is 4. The lowest BCUT2D eigenvalue weighted by atomic mass is 10.1. The zero-order chi connectivity index (χ0) is 14.5. The molecule has 0 bridgehead atoms. The molecule has 0 radical (unpaired) electrons. The van der Waals surface area contributed by atoms with Crippen molar-refractivity contribution in [3.8, 4) is 11.1 Å². The van der Waals surface area contributed by atoms with Crippen LogP contribution in [0.25, 0.3) is 11.1 Å². The predicted octanol–water partition coefficient (Wildman–Crippen LogP) is 3.42. The van der Waals surface area contributed by atoms with Gasteiger partial charge in [-0.1, -0.05) is 25.1 Å². The molecule has 2 rings (SSSR count). The standard InChI is InChI=1S/C16H17FN2O/c1-3-11(2)19-16(20)13-8-12(9-18-10-13)14-6-4-5-7-15(14)17/h4-11H,3H2,1-2H3,(H,19,20)/t11-/m1/s1. The Labute approximate surface area is 117 Å². The van der Waals surface area contributed by atoms with E-state index in [-0.39, 0.29) is 17.8 Å². The molecular weight excluding hydrogens is 255 g/mol. The average molecular weight is 272 g/mol. The molecule has 0 unspecified atom stereocenters. The molecule has 1 heterocycles. The fourth-order valence-electron chi connectivity index (χ4n) is 1.82. The number of halogens is 1. The third-order valence-electron chi connectivity index (χ3n) is 3.18. The summed E-state index contributed by atoms with van der Waals surface area (Å²) >= 11 is 0. The van der Waals surface area contributed by atoms with Gasteiger partial charge in [0.2, 0.25) is 0 Å². The maximum absolute atomic E-state index is 13.7. The first-order valence-electron chi connectivity index (χ1n) is 6.62. The highest BCUT2D eigenvalue weighted by Gasteiger charge is 2.11. The minimum Gasteiger partial charge on any atom is -0.350 e. The first-order chi connectivity index (χ1) is 9.61. The second-order valence-electron chi connectivity index (χ2n) is 4.72. The molecule has 4 heteroatoms. The van der Waals surface area contributed by atoms with Gasteiger partial charge < -0.3 is 5.32 Å². The van der Waals surface area contributed by atoms with Gasteiger partial charge in [-0.3, -0.25) is 9.78 Å². The van der Waals surface area contributed by atoms with Crippen molar-refractivity contribution in [2.45, 2.75) is 26.3 Å². The van der Waals surface area contributed by atoms with Gasteiger partial charge >= 0.3 is 0 Å². The van der Waals surface area contributed by atoms with Gasteiger partial charge in [0, 0.05) is 29.6 Å². The summed E-state index contributed by atoms with van der Waals surface area (Å²) in [5.74, 6) is -0.515. The zero-order valence-electron chi connectivity index (χ0n) is 11.6. The molecule has 1 amide bonds. The van der Waals surface area contributed by atoms with E-state index in [4.69, 9.17) is 0 Å². The number of nitrogens with zero attached hydrogens (tertiary/aromatic N) is 1. The van der Waals surface area contributed by atoms with E-state index in [1.54, 1.807) is 30.5 Å². The van der Waals surface area contributed by atoms with Crippen LogP contribution in [0.2, 0.25) is 0 Å². The summed E-state index contributed by atoms with van der Waals surface area (Å²) in [5, 5.41) is 2.87. The third-order valence-corrected chi connectivity index (χ3v) is 3.18. The van der Waals surface area contributed by atoms with Crippen molar-refractivity contribution in [1.82, 2.24) is 10.3 Å². The normalized spacial score (nSPS) is 11.9. The molecule has 1 aromatic carbocycles. The van der Waals surface area contributed by atoms with Crippen LogP contribution >= 0.6 is 0 Å². The monoisotopic (exact) mass is 272 g/mol. The van der Waals surface area contributed by atoms with Crippen LogP contribution in [-0.4, -0.2) is 16.9 Å². The summed E-state index contributed by atoms with van der Waals surface area (Å²) in [6.07, 6.45) is 3.90. The molecule has 1 N–H and O–H groups in total. The lowest BCUT2D eigenvalue weighted by Crippen LogP contribution is -2.31. The van der Waals surface area contributed by atoms with E-state index in [0.717, 1.165) is 6.42 Å². The van der Waals surface area contributed by atoms with E-state index in [1.165, 1.54) is 12.3 Å². The highest BCUT2D eigenvalue weighted by molar-refractivity contribution is 5.95. The Morgan fingerprint density at radius 3 is 2.80 bits per heavy atom. The smallest absolute Gasteiger partial charge is 0.253 e. The van der Waals surface area contributed by atoms with E-state index in [9.17, 15) is 9.18 Å². The molecule has 104 valence electrons. The summed E-state index contributed by atoms with van der Waals surface area (Å²) in [7, 11) is 0. The summed E-state index contributed by atoms with van der Waals surface area (Å²) in [6.45, 7) is 3.94. The number of pyridine rings is 1. The Morgan fingerprint density at radius 2 is 2.10 bits per heavy atom. The largest absolute Gasteiger partial charge is 0.350 e. The van der Waals surface area contributed by atoms with E-state index in [1.807, 2.05) is 13.8 Å². The van der Waals surface area contributed by atoms with Crippen molar-refractivity contribution in [2.75, 3.05) is 0 Å². The lowest BCUT2D eigenvalue weighted by molar-refractivity contribution is 0.0939. The summed E-state index contributed by atoms with van der Waals surface area (Å²) in [6, 6.07) is 8.20. The van der Waals surface area contributed by atoms with E-state index in [0.29, 0.717) is 16.7 Å². The third kappa shape index (κ3) is 3.20. The molecule has 2 aromatic rings. The fraction of sp³-hybridized carbons (Fsp3) is 0.250. The van der Waals surface area contributed by atoms with Crippen LogP contribution in [-0.2, 0) is 0 Å². The predicted molar refractivity (Wildman–Crippen MR) is 76.9 cm³/mol. The maximum Gasteiger partial charge on any atom is 0.253 e. The fourth-order valence-corrected chi connectivity index (χ4v) is 1.82. The molecule has 0 aliphatic carbocycles. The van der Waals surface area contributed by atoms with Gasteiger partial charge in [-0.25, -0.2) is 4.39 Å². The second-order valence-corrected chi connectivity index (χ2v) is 4.72. The molecule has 0 spiro atoms. The minimum absolute atomic E-state index is 0.0969. The molecule has 3 nitrogen and oxygen atoms in total. The Hall–Kier alpha value is -2.23. The minimum atomic E-state index is -0.325. The molecular formula is C16H17FN2O. The van der Waals surface area contributed by atoms with Crippen LogP contribution in [0.5, 0.6) is 0 Å². The molecule has 0 aliphatic heterocycles.